The molecule has 2 rings (SSSR count). The zero-order valence-electron chi connectivity index (χ0n) is 6.91. The van der Waals surface area contributed by atoms with Crippen LogP contribution >= 0.6 is 11.6 Å². The van der Waals surface area contributed by atoms with Gasteiger partial charge in [-0.15, -0.1) is 5.10 Å². The summed E-state index contributed by atoms with van der Waals surface area (Å²) in [5, 5.41) is 3.87. The first-order valence-corrected chi connectivity index (χ1v) is 4.10. The third-order valence-corrected chi connectivity index (χ3v) is 2.02. The van der Waals surface area contributed by atoms with Crippen LogP contribution in [0, 0.1) is 0 Å². The quantitative estimate of drug-likeness (QED) is 0.603. The van der Waals surface area contributed by atoms with Gasteiger partial charge in [0.2, 0.25) is 5.75 Å². The highest BCUT2D eigenvalue weighted by atomic mass is 35.5. The summed E-state index contributed by atoms with van der Waals surface area (Å²) in [5.41, 5.74) is -0.383. The van der Waals surface area contributed by atoms with Gasteiger partial charge >= 0.3 is 0 Å². The molecule has 1 aliphatic rings. The lowest BCUT2D eigenvalue weighted by atomic mass is 10.4. The largest absolute Gasteiger partial charge is 0.483 e. The Morgan fingerprint density at radius 3 is 2.92 bits per heavy atom. The molecule has 0 aliphatic carbocycles. The van der Waals surface area contributed by atoms with Crippen LogP contribution in [0.1, 0.15) is 0 Å². The van der Waals surface area contributed by atoms with Gasteiger partial charge < -0.3 is 9.47 Å². The number of rotatable bonds is 0. The molecule has 6 heteroatoms. The third kappa shape index (κ3) is 1.25. The van der Waals surface area contributed by atoms with Crippen molar-refractivity contribution in [1.82, 2.24) is 9.78 Å². The van der Waals surface area contributed by atoms with Crippen molar-refractivity contribution in [3.8, 4) is 11.6 Å². The van der Waals surface area contributed by atoms with E-state index in [1.165, 1.54) is 7.05 Å². The van der Waals surface area contributed by atoms with Gasteiger partial charge in [0.05, 0.1) is 0 Å². The van der Waals surface area contributed by atoms with Crippen molar-refractivity contribution in [2.24, 2.45) is 7.05 Å². The molecule has 1 aromatic rings. The standard InChI is InChI=1S/C7H7ClN2O3/c1-10-7(11)4(8)5-6(9-10)13-3-2-12-5/h2-3H2,1H3. The Kier molecular flexibility index (Phi) is 1.88. The van der Waals surface area contributed by atoms with Gasteiger partial charge in [-0.2, -0.15) is 0 Å². The lowest BCUT2D eigenvalue weighted by molar-refractivity contribution is 0.159. The van der Waals surface area contributed by atoms with E-state index in [1.54, 1.807) is 0 Å². The minimum atomic E-state index is -0.383. The van der Waals surface area contributed by atoms with E-state index in [0.29, 0.717) is 13.2 Å². The monoisotopic (exact) mass is 202 g/mol. The van der Waals surface area contributed by atoms with Gasteiger partial charge in [0.1, 0.15) is 13.2 Å². The van der Waals surface area contributed by atoms with Gasteiger partial charge in [0, 0.05) is 7.05 Å². The van der Waals surface area contributed by atoms with E-state index < -0.39 is 0 Å². The summed E-state index contributed by atoms with van der Waals surface area (Å²) in [6.07, 6.45) is 0. The van der Waals surface area contributed by atoms with Crippen LogP contribution in [-0.2, 0) is 7.05 Å². The average Bonchev–Trinajstić information content (AvgIpc) is 2.15. The molecule has 0 saturated carbocycles. The molecule has 0 atom stereocenters. The molecule has 2 heterocycles. The fraction of sp³-hybridized carbons (Fsp3) is 0.429. The van der Waals surface area contributed by atoms with E-state index in [-0.39, 0.29) is 22.2 Å². The number of fused-ring (bicyclic) bond motifs is 1. The molecule has 0 radical (unpaired) electrons. The highest BCUT2D eigenvalue weighted by Gasteiger charge is 2.20. The van der Waals surface area contributed by atoms with E-state index in [2.05, 4.69) is 5.10 Å². The van der Waals surface area contributed by atoms with Crippen LogP contribution in [0.2, 0.25) is 5.02 Å². The Morgan fingerprint density at radius 2 is 2.15 bits per heavy atom. The molecule has 0 fully saturated rings. The highest BCUT2D eigenvalue weighted by Crippen LogP contribution is 2.31. The molecule has 70 valence electrons. The fourth-order valence-corrected chi connectivity index (χ4v) is 1.32. The Labute approximate surface area is 78.8 Å². The van der Waals surface area contributed by atoms with E-state index >= 15 is 0 Å². The Bertz CT molecular complexity index is 401. The Balaban J connectivity index is 2.67. The van der Waals surface area contributed by atoms with Crippen LogP contribution in [0.5, 0.6) is 11.6 Å². The van der Waals surface area contributed by atoms with Crippen LogP contribution in [0.25, 0.3) is 0 Å². The third-order valence-electron chi connectivity index (χ3n) is 1.68. The molecule has 0 amide bonds. The Morgan fingerprint density at radius 1 is 1.46 bits per heavy atom. The van der Waals surface area contributed by atoms with Gasteiger partial charge in [-0.1, -0.05) is 11.6 Å². The lowest BCUT2D eigenvalue weighted by Gasteiger charge is -2.17. The normalized spacial score (nSPS) is 14.3. The molecule has 0 unspecified atom stereocenters. The highest BCUT2D eigenvalue weighted by molar-refractivity contribution is 6.32. The molecule has 1 aliphatic heterocycles. The molecule has 5 nitrogen and oxygen atoms in total. The summed E-state index contributed by atoms with van der Waals surface area (Å²) in [7, 11) is 1.51. The molecule has 0 aromatic carbocycles. The van der Waals surface area contributed by atoms with Crippen LogP contribution < -0.4 is 15.0 Å². The predicted molar refractivity (Wildman–Crippen MR) is 45.5 cm³/mol. The molecular formula is C7H7ClN2O3. The summed E-state index contributed by atoms with van der Waals surface area (Å²) >= 11 is 5.74. The van der Waals surface area contributed by atoms with Gasteiger partial charge in [-0.3, -0.25) is 4.79 Å². The number of hydrogen-bond acceptors (Lipinski definition) is 4. The zero-order valence-corrected chi connectivity index (χ0v) is 7.67. The van der Waals surface area contributed by atoms with Crippen LogP contribution in [0.4, 0.5) is 0 Å². The number of halogens is 1. The van der Waals surface area contributed by atoms with Crippen LogP contribution in [0.15, 0.2) is 4.79 Å². The van der Waals surface area contributed by atoms with Gasteiger partial charge in [0.15, 0.2) is 5.02 Å². The number of ether oxygens (including phenoxy) is 2. The van der Waals surface area contributed by atoms with Crippen molar-refractivity contribution >= 4 is 11.6 Å². The van der Waals surface area contributed by atoms with Gasteiger partial charge in [-0.05, 0) is 0 Å². The van der Waals surface area contributed by atoms with Crippen molar-refractivity contribution in [3.05, 3.63) is 15.4 Å². The first kappa shape index (κ1) is 8.37. The summed E-state index contributed by atoms with van der Waals surface area (Å²) in [6, 6.07) is 0. The maximum Gasteiger partial charge on any atom is 0.289 e. The maximum absolute atomic E-state index is 11.3. The number of nitrogens with zero attached hydrogens (tertiary/aromatic N) is 2. The van der Waals surface area contributed by atoms with Crippen molar-refractivity contribution < 1.29 is 9.47 Å². The molecule has 0 bridgehead atoms. The van der Waals surface area contributed by atoms with Crippen LogP contribution in [-0.4, -0.2) is 23.0 Å². The van der Waals surface area contributed by atoms with Crippen molar-refractivity contribution in [1.29, 1.82) is 0 Å². The number of aryl methyl sites for hydroxylation is 1. The second-order valence-electron chi connectivity index (χ2n) is 2.57. The molecule has 13 heavy (non-hydrogen) atoms. The van der Waals surface area contributed by atoms with Crippen molar-refractivity contribution in [2.75, 3.05) is 13.2 Å². The molecule has 1 aromatic heterocycles. The predicted octanol–water partition coefficient (Wildman–Crippen LogP) is 0.205. The second-order valence-corrected chi connectivity index (χ2v) is 2.95. The smallest absolute Gasteiger partial charge is 0.289 e. The van der Waals surface area contributed by atoms with Crippen molar-refractivity contribution in [3.63, 3.8) is 0 Å². The SMILES string of the molecule is Cn1nc2c(c(Cl)c1=O)OCCO2. The van der Waals surface area contributed by atoms with Crippen LogP contribution in [0.3, 0.4) is 0 Å². The summed E-state index contributed by atoms with van der Waals surface area (Å²) in [6.45, 7) is 0.816. The van der Waals surface area contributed by atoms with Gasteiger partial charge in [0.25, 0.3) is 11.4 Å². The summed E-state index contributed by atoms with van der Waals surface area (Å²) in [5.74, 6) is 0.523. The minimum Gasteiger partial charge on any atom is -0.483 e. The van der Waals surface area contributed by atoms with Gasteiger partial charge in [-0.25, -0.2) is 4.68 Å². The first-order chi connectivity index (χ1) is 6.20. The van der Waals surface area contributed by atoms with E-state index in [4.69, 9.17) is 21.1 Å². The molecular weight excluding hydrogens is 196 g/mol. The summed E-state index contributed by atoms with van der Waals surface area (Å²) < 4.78 is 11.4. The van der Waals surface area contributed by atoms with E-state index in [0.717, 1.165) is 4.68 Å². The molecule has 0 N–H and O–H groups in total. The van der Waals surface area contributed by atoms with E-state index in [9.17, 15) is 4.79 Å². The maximum atomic E-state index is 11.3. The number of hydrogen-bond donors (Lipinski definition) is 0. The van der Waals surface area contributed by atoms with Crippen molar-refractivity contribution in [2.45, 2.75) is 0 Å². The second kappa shape index (κ2) is 2.92. The zero-order chi connectivity index (χ0) is 9.42. The topological polar surface area (TPSA) is 53.4 Å². The summed E-state index contributed by atoms with van der Waals surface area (Å²) in [4.78, 5) is 11.3. The molecule has 0 saturated heterocycles. The average molecular weight is 203 g/mol. The number of aromatic nitrogens is 2. The van der Waals surface area contributed by atoms with E-state index in [1.807, 2.05) is 0 Å². The Hall–Kier alpha value is -1.23. The fourth-order valence-electron chi connectivity index (χ4n) is 1.06. The molecule has 0 spiro atoms. The first-order valence-electron chi connectivity index (χ1n) is 3.72. The lowest BCUT2D eigenvalue weighted by Crippen LogP contribution is -2.26. The minimum absolute atomic E-state index is 0.0206.